The highest BCUT2D eigenvalue weighted by Gasteiger charge is 2.11. The number of carbonyl (C=O) groups excluding carboxylic acids is 1. The second-order valence-electron chi connectivity index (χ2n) is 6.23. The Hall–Kier alpha value is -2.63. The highest BCUT2D eigenvalue weighted by atomic mass is 35.5. The quantitative estimate of drug-likeness (QED) is 0.469. The molecule has 0 atom stereocenters. The van der Waals surface area contributed by atoms with Gasteiger partial charge in [0.1, 0.15) is 5.69 Å². The number of carbonyl (C=O) groups is 1. The smallest absolute Gasteiger partial charge is 0.272 e. The summed E-state index contributed by atoms with van der Waals surface area (Å²) in [6, 6.07) is 12.9. The number of aromatic nitrogens is 2. The summed E-state index contributed by atoms with van der Waals surface area (Å²) in [6.45, 7) is 5.86. The third-order valence-corrected chi connectivity index (χ3v) is 5.03. The normalized spacial score (nSPS) is 11.5. The summed E-state index contributed by atoms with van der Waals surface area (Å²) < 4.78 is 0. The van der Waals surface area contributed by atoms with Crippen molar-refractivity contribution in [2.45, 2.75) is 20.8 Å². The summed E-state index contributed by atoms with van der Waals surface area (Å²) in [7, 11) is 0. The van der Waals surface area contributed by atoms with Gasteiger partial charge in [-0.25, -0.2) is 5.43 Å². The lowest BCUT2D eigenvalue weighted by Gasteiger charge is -2.03. The van der Waals surface area contributed by atoms with Crippen molar-refractivity contribution < 1.29 is 4.79 Å². The van der Waals surface area contributed by atoms with E-state index in [1.807, 2.05) is 25.1 Å². The molecule has 0 saturated heterocycles. The molecule has 2 aromatic carbocycles. The first-order chi connectivity index (χ1) is 12.8. The van der Waals surface area contributed by atoms with E-state index < -0.39 is 0 Å². The van der Waals surface area contributed by atoms with Crippen LogP contribution in [0.4, 0.5) is 0 Å². The van der Waals surface area contributed by atoms with Crippen molar-refractivity contribution in [1.82, 2.24) is 15.6 Å². The molecule has 3 rings (SSSR count). The van der Waals surface area contributed by atoms with E-state index in [9.17, 15) is 4.79 Å². The number of hydrogen-bond acceptors (Lipinski definition) is 3. The Kier molecular flexibility index (Phi) is 5.63. The molecule has 0 bridgehead atoms. The number of aromatic amines is 1. The molecule has 3 aromatic rings. The van der Waals surface area contributed by atoms with E-state index >= 15 is 0 Å². The fourth-order valence-electron chi connectivity index (χ4n) is 2.47. The zero-order chi connectivity index (χ0) is 19.6. The average molecular weight is 401 g/mol. The fourth-order valence-corrected chi connectivity index (χ4v) is 2.77. The average Bonchev–Trinajstić information content (AvgIpc) is 3.14. The molecule has 0 saturated carbocycles. The van der Waals surface area contributed by atoms with Crippen molar-refractivity contribution >= 4 is 34.8 Å². The number of benzene rings is 2. The molecule has 2 N–H and O–H groups in total. The number of nitrogens with zero attached hydrogens (tertiary/aromatic N) is 2. The Balaban J connectivity index is 1.74. The van der Waals surface area contributed by atoms with Gasteiger partial charge in [0.05, 0.1) is 21.5 Å². The van der Waals surface area contributed by atoms with Crippen LogP contribution in [0.15, 0.2) is 47.6 Å². The number of hydrogen-bond donors (Lipinski definition) is 2. The Morgan fingerprint density at radius 1 is 1.04 bits per heavy atom. The maximum Gasteiger partial charge on any atom is 0.289 e. The van der Waals surface area contributed by atoms with Gasteiger partial charge in [0.25, 0.3) is 5.91 Å². The zero-order valence-corrected chi connectivity index (χ0v) is 16.6. The first-order valence-corrected chi connectivity index (χ1v) is 9.04. The van der Waals surface area contributed by atoms with Crippen molar-refractivity contribution in [3.63, 3.8) is 0 Å². The summed E-state index contributed by atoms with van der Waals surface area (Å²) in [6.07, 6.45) is 0. The minimum absolute atomic E-state index is 0.328. The Morgan fingerprint density at radius 2 is 1.81 bits per heavy atom. The van der Waals surface area contributed by atoms with Crippen molar-refractivity contribution in [1.29, 1.82) is 0 Å². The van der Waals surface area contributed by atoms with Crippen LogP contribution in [-0.2, 0) is 0 Å². The van der Waals surface area contributed by atoms with Crippen LogP contribution in [-0.4, -0.2) is 21.8 Å². The van der Waals surface area contributed by atoms with Crippen molar-refractivity contribution in [2.24, 2.45) is 5.10 Å². The fraction of sp³-hybridized carbons (Fsp3) is 0.150. The summed E-state index contributed by atoms with van der Waals surface area (Å²) >= 11 is 11.9. The van der Waals surface area contributed by atoms with Crippen LogP contribution in [0.2, 0.25) is 10.0 Å². The first kappa shape index (κ1) is 19.1. The maximum absolute atomic E-state index is 12.3. The summed E-state index contributed by atoms with van der Waals surface area (Å²) in [4.78, 5) is 12.3. The van der Waals surface area contributed by atoms with Crippen LogP contribution < -0.4 is 5.43 Å². The zero-order valence-electron chi connectivity index (χ0n) is 15.1. The van der Waals surface area contributed by atoms with E-state index in [1.54, 1.807) is 31.2 Å². The topological polar surface area (TPSA) is 70.1 Å². The van der Waals surface area contributed by atoms with Crippen LogP contribution in [0.5, 0.6) is 0 Å². The number of nitrogens with one attached hydrogen (secondary N) is 2. The minimum atomic E-state index is -0.378. The third kappa shape index (κ3) is 4.38. The van der Waals surface area contributed by atoms with Crippen molar-refractivity contribution in [2.75, 3.05) is 0 Å². The summed E-state index contributed by atoms with van der Waals surface area (Å²) in [5.41, 5.74) is 8.25. The molecule has 1 amide bonds. The van der Waals surface area contributed by atoms with E-state index in [2.05, 4.69) is 27.6 Å². The van der Waals surface area contributed by atoms with E-state index in [-0.39, 0.29) is 5.91 Å². The standard InChI is InChI=1S/C20H18Cl2N4O/c1-11-4-5-15(8-12(11)2)18-10-19(25-24-18)20(27)26-23-13(3)14-6-7-16(21)17(22)9-14/h4-10H,1-3H3,(H,24,25)(H,26,27)/b23-13-. The molecule has 0 spiro atoms. The predicted molar refractivity (Wildman–Crippen MR) is 110 cm³/mol. The summed E-state index contributed by atoms with van der Waals surface area (Å²) in [5, 5.41) is 12.0. The van der Waals surface area contributed by atoms with Gasteiger partial charge in [0.15, 0.2) is 0 Å². The van der Waals surface area contributed by atoms with E-state index in [4.69, 9.17) is 23.2 Å². The molecule has 1 heterocycles. The van der Waals surface area contributed by atoms with Gasteiger partial charge < -0.3 is 0 Å². The SMILES string of the molecule is C/C(=N/NC(=O)c1cc(-c2ccc(C)c(C)c2)n[nH]1)c1ccc(Cl)c(Cl)c1. The highest BCUT2D eigenvalue weighted by molar-refractivity contribution is 6.42. The van der Waals surface area contributed by atoms with Crippen LogP contribution >= 0.6 is 23.2 Å². The molecular weight excluding hydrogens is 383 g/mol. The predicted octanol–water partition coefficient (Wildman–Crippen LogP) is 5.15. The third-order valence-electron chi connectivity index (χ3n) is 4.29. The van der Waals surface area contributed by atoms with Crippen molar-refractivity contribution in [3.8, 4) is 11.3 Å². The van der Waals surface area contributed by atoms with Crippen LogP contribution in [0.3, 0.4) is 0 Å². The minimum Gasteiger partial charge on any atom is -0.272 e. The number of rotatable bonds is 4. The lowest BCUT2D eigenvalue weighted by Crippen LogP contribution is -2.19. The van der Waals surface area contributed by atoms with Gasteiger partial charge in [-0.15, -0.1) is 0 Å². The van der Waals surface area contributed by atoms with E-state index in [0.717, 1.165) is 11.1 Å². The lowest BCUT2D eigenvalue weighted by atomic mass is 10.0. The molecule has 0 aliphatic carbocycles. The van der Waals surface area contributed by atoms with Crippen LogP contribution in [0.25, 0.3) is 11.3 Å². The molecule has 0 fully saturated rings. The molecule has 0 aliphatic heterocycles. The van der Waals surface area contributed by atoms with Crippen LogP contribution in [0, 0.1) is 13.8 Å². The Morgan fingerprint density at radius 3 is 2.52 bits per heavy atom. The van der Waals surface area contributed by atoms with E-state index in [0.29, 0.717) is 27.1 Å². The highest BCUT2D eigenvalue weighted by Crippen LogP contribution is 2.23. The second-order valence-corrected chi connectivity index (χ2v) is 7.05. The van der Waals surface area contributed by atoms with Gasteiger partial charge >= 0.3 is 0 Å². The molecule has 138 valence electrons. The number of aryl methyl sites for hydroxylation is 2. The lowest BCUT2D eigenvalue weighted by molar-refractivity contribution is 0.0950. The summed E-state index contributed by atoms with van der Waals surface area (Å²) in [5.74, 6) is -0.378. The van der Waals surface area contributed by atoms with Gasteiger partial charge in [-0.2, -0.15) is 10.2 Å². The largest absolute Gasteiger partial charge is 0.289 e. The monoisotopic (exact) mass is 400 g/mol. The van der Waals surface area contributed by atoms with Crippen LogP contribution in [0.1, 0.15) is 34.1 Å². The molecule has 0 unspecified atom stereocenters. The van der Waals surface area contributed by atoms with Gasteiger partial charge in [-0.05, 0) is 61.7 Å². The second kappa shape index (κ2) is 7.94. The van der Waals surface area contributed by atoms with Gasteiger partial charge in [-0.3, -0.25) is 9.89 Å². The molecule has 7 heteroatoms. The Bertz CT molecular complexity index is 1040. The molecule has 27 heavy (non-hydrogen) atoms. The molecule has 0 radical (unpaired) electrons. The maximum atomic E-state index is 12.3. The number of amides is 1. The van der Waals surface area contributed by atoms with Gasteiger partial charge in [0.2, 0.25) is 0 Å². The number of H-pyrrole nitrogens is 1. The van der Waals surface area contributed by atoms with Gasteiger partial charge in [-0.1, -0.05) is 41.4 Å². The van der Waals surface area contributed by atoms with E-state index in [1.165, 1.54) is 11.1 Å². The molecule has 1 aromatic heterocycles. The van der Waals surface area contributed by atoms with Crippen molar-refractivity contribution in [3.05, 3.63) is 74.9 Å². The number of halogens is 2. The van der Waals surface area contributed by atoms with Gasteiger partial charge in [0, 0.05) is 5.56 Å². The molecule has 5 nitrogen and oxygen atoms in total. The first-order valence-electron chi connectivity index (χ1n) is 8.28. The molecule has 0 aliphatic rings. The molecular formula is C20H18Cl2N4O. The number of hydrazone groups is 1. The Labute approximate surface area is 167 Å².